The van der Waals surface area contributed by atoms with Crippen molar-refractivity contribution in [3.63, 3.8) is 0 Å². The molecular weight excluding hydrogens is 190 g/mol. The molecule has 0 amide bonds. The van der Waals surface area contributed by atoms with Crippen molar-refractivity contribution in [2.45, 2.75) is 32.6 Å². The van der Waals surface area contributed by atoms with Gasteiger partial charge in [0.2, 0.25) is 5.78 Å². The van der Waals surface area contributed by atoms with Gasteiger partial charge < -0.3 is 5.32 Å². The van der Waals surface area contributed by atoms with Crippen molar-refractivity contribution in [2.75, 3.05) is 6.54 Å². The summed E-state index contributed by atoms with van der Waals surface area (Å²) in [5.74, 6) is -0.226. The second-order valence-electron chi connectivity index (χ2n) is 3.65. The lowest BCUT2D eigenvalue weighted by atomic mass is 10.1. The molecule has 15 heavy (non-hydrogen) atoms. The smallest absolute Gasteiger partial charge is 0.201 e. The van der Waals surface area contributed by atoms with Crippen molar-refractivity contribution in [1.82, 2.24) is 5.32 Å². The molecule has 1 aliphatic rings. The molecule has 1 rings (SSSR count). The van der Waals surface area contributed by atoms with E-state index in [1.54, 1.807) is 0 Å². The zero-order valence-electron chi connectivity index (χ0n) is 9.08. The van der Waals surface area contributed by atoms with Gasteiger partial charge in [-0.25, -0.2) is 0 Å². The maximum absolute atomic E-state index is 11.3. The van der Waals surface area contributed by atoms with Crippen LogP contribution in [0.4, 0.5) is 0 Å². The standard InChI is InChI=1S/C12H17NO2/c1-2-3-4-5-8-13-11-9-10(14)6-7-12(11)15/h6-7,9,13H,2-5,8H2,1H3. The Morgan fingerprint density at radius 2 is 1.93 bits per heavy atom. The van der Waals surface area contributed by atoms with Gasteiger partial charge in [0, 0.05) is 12.6 Å². The molecule has 3 nitrogen and oxygen atoms in total. The zero-order valence-corrected chi connectivity index (χ0v) is 9.08. The van der Waals surface area contributed by atoms with Crippen LogP contribution in [0.5, 0.6) is 0 Å². The topological polar surface area (TPSA) is 46.2 Å². The van der Waals surface area contributed by atoms with Gasteiger partial charge in [0.05, 0.1) is 5.70 Å². The molecule has 0 aromatic rings. The molecule has 0 atom stereocenters. The molecule has 0 heterocycles. The lowest BCUT2D eigenvalue weighted by Crippen LogP contribution is -2.23. The number of carbonyl (C=O) groups is 2. The highest BCUT2D eigenvalue weighted by molar-refractivity contribution is 6.16. The lowest BCUT2D eigenvalue weighted by Gasteiger charge is -2.09. The Morgan fingerprint density at radius 1 is 1.13 bits per heavy atom. The molecule has 1 N–H and O–H groups in total. The fraction of sp³-hybridized carbons (Fsp3) is 0.500. The average molecular weight is 207 g/mol. The van der Waals surface area contributed by atoms with E-state index < -0.39 is 0 Å². The van der Waals surface area contributed by atoms with Gasteiger partial charge in [0.1, 0.15) is 0 Å². The molecular formula is C12H17NO2. The number of carbonyl (C=O) groups excluding carboxylic acids is 2. The molecule has 0 fully saturated rings. The van der Waals surface area contributed by atoms with Gasteiger partial charge in [0.25, 0.3) is 0 Å². The number of nitrogens with one attached hydrogen (secondary N) is 1. The van der Waals surface area contributed by atoms with Crippen molar-refractivity contribution < 1.29 is 9.59 Å². The second kappa shape index (κ2) is 6.17. The highest BCUT2D eigenvalue weighted by Crippen LogP contribution is 2.03. The maximum Gasteiger partial charge on any atom is 0.201 e. The number of hydrogen-bond acceptors (Lipinski definition) is 3. The van der Waals surface area contributed by atoms with E-state index in [0.717, 1.165) is 19.4 Å². The fourth-order valence-electron chi connectivity index (χ4n) is 1.42. The van der Waals surface area contributed by atoms with E-state index in [1.807, 2.05) is 0 Å². The quantitative estimate of drug-likeness (QED) is 0.533. The summed E-state index contributed by atoms with van der Waals surface area (Å²) in [7, 11) is 0. The largest absolute Gasteiger partial charge is 0.382 e. The van der Waals surface area contributed by atoms with Crippen LogP contribution in [0.3, 0.4) is 0 Å². The van der Waals surface area contributed by atoms with E-state index in [1.165, 1.54) is 31.1 Å². The van der Waals surface area contributed by atoms with E-state index in [2.05, 4.69) is 12.2 Å². The molecule has 0 unspecified atom stereocenters. The molecule has 0 radical (unpaired) electrons. The van der Waals surface area contributed by atoms with Crippen LogP contribution < -0.4 is 5.32 Å². The molecule has 0 bridgehead atoms. The Labute approximate surface area is 90.2 Å². The van der Waals surface area contributed by atoms with Crippen LogP contribution in [-0.4, -0.2) is 18.1 Å². The summed E-state index contributed by atoms with van der Waals surface area (Å²) >= 11 is 0. The summed E-state index contributed by atoms with van der Waals surface area (Å²) in [6.07, 6.45) is 8.59. The minimum Gasteiger partial charge on any atom is -0.382 e. The minimum absolute atomic E-state index is 0.106. The highest BCUT2D eigenvalue weighted by atomic mass is 16.1. The maximum atomic E-state index is 11.3. The minimum atomic E-state index is -0.120. The lowest BCUT2D eigenvalue weighted by molar-refractivity contribution is -0.114. The van der Waals surface area contributed by atoms with Gasteiger partial charge >= 0.3 is 0 Å². The summed E-state index contributed by atoms with van der Waals surface area (Å²) in [5.41, 5.74) is 0.430. The summed E-state index contributed by atoms with van der Waals surface area (Å²) in [4.78, 5) is 22.3. The van der Waals surface area contributed by atoms with Gasteiger partial charge in [0.15, 0.2) is 5.78 Å². The monoisotopic (exact) mass is 207 g/mol. The first-order valence-electron chi connectivity index (χ1n) is 5.46. The Hall–Kier alpha value is -1.38. The van der Waals surface area contributed by atoms with E-state index in [-0.39, 0.29) is 11.6 Å². The SMILES string of the molecule is CCCCCCNC1=CC(=O)C=CC1=O. The molecule has 0 aromatic heterocycles. The Kier molecular flexibility index (Phi) is 4.81. The van der Waals surface area contributed by atoms with Crippen molar-refractivity contribution in [2.24, 2.45) is 0 Å². The van der Waals surface area contributed by atoms with E-state index >= 15 is 0 Å². The Bertz CT molecular complexity index is 303. The third kappa shape index (κ3) is 4.11. The van der Waals surface area contributed by atoms with Crippen LogP contribution in [0.25, 0.3) is 0 Å². The number of allylic oxidation sites excluding steroid dienone is 3. The average Bonchev–Trinajstić information content (AvgIpc) is 2.23. The molecule has 0 saturated heterocycles. The van der Waals surface area contributed by atoms with Crippen LogP contribution in [0.2, 0.25) is 0 Å². The summed E-state index contributed by atoms with van der Waals surface area (Å²) in [6, 6.07) is 0. The zero-order chi connectivity index (χ0) is 11.1. The first-order chi connectivity index (χ1) is 7.24. The van der Waals surface area contributed by atoms with Crippen molar-refractivity contribution >= 4 is 11.6 Å². The molecule has 0 aliphatic heterocycles. The normalized spacial score (nSPS) is 15.4. The predicted octanol–water partition coefficient (Wildman–Crippen LogP) is 1.75. The van der Waals surface area contributed by atoms with Crippen molar-refractivity contribution in [1.29, 1.82) is 0 Å². The van der Waals surface area contributed by atoms with Gasteiger partial charge in [-0.05, 0) is 18.6 Å². The van der Waals surface area contributed by atoms with Crippen molar-refractivity contribution in [3.8, 4) is 0 Å². The van der Waals surface area contributed by atoms with E-state index in [0.29, 0.717) is 5.70 Å². The van der Waals surface area contributed by atoms with Crippen LogP contribution in [-0.2, 0) is 9.59 Å². The van der Waals surface area contributed by atoms with Crippen LogP contribution in [0.15, 0.2) is 23.9 Å². The fourth-order valence-corrected chi connectivity index (χ4v) is 1.42. The highest BCUT2D eigenvalue weighted by Gasteiger charge is 2.11. The first kappa shape index (κ1) is 11.7. The van der Waals surface area contributed by atoms with Gasteiger partial charge in [-0.3, -0.25) is 9.59 Å². The Morgan fingerprint density at radius 3 is 2.67 bits per heavy atom. The number of hydrogen-bond donors (Lipinski definition) is 1. The van der Waals surface area contributed by atoms with Gasteiger partial charge in [-0.1, -0.05) is 26.2 Å². The molecule has 1 aliphatic carbocycles. The van der Waals surface area contributed by atoms with Gasteiger partial charge in [-0.2, -0.15) is 0 Å². The molecule has 0 saturated carbocycles. The predicted molar refractivity (Wildman–Crippen MR) is 59.4 cm³/mol. The third-order valence-corrected chi connectivity index (χ3v) is 2.30. The van der Waals surface area contributed by atoms with E-state index in [9.17, 15) is 9.59 Å². The molecule has 3 heteroatoms. The summed E-state index contributed by atoms with van der Waals surface area (Å²) in [5, 5.41) is 3.00. The molecule has 0 aromatic carbocycles. The number of unbranched alkanes of at least 4 members (excludes halogenated alkanes) is 3. The number of rotatable bonds is 6. The van der Waals surface area contributed by atoms with Crippen LogP contribution in [0, 0.1) is 0 Å². The second-order valence-corrected chi connectivity index (χ2v) is 3.65. The molecule has 0 spiro atoms. The molecule has 82 valence electrons. The van der Waals surface area contributed by atoms with Crippen molar-refractivity contribution in [3.05, 3.63) is 23.9 Å². The first-order valence-corrected chi connectivity index (χ1v) is 5.46. The van der Waals surface area contributed by atoms with E-state index in [4.69, 9.17) is 0 Å². The third-order valence-electron chi connectivity index (χ3n) is 2.30. The summed E-state index contributed by atoms with van der Waals surface area (Å²) < 4.78 is 0. The van der Waals surface area contributed by atoms with Gasteiger partial charge in [-0.15, -0.1) is 0 Å². The van der Waals surface area contributed by atoms with Crippen LogP contribution in [0.1, 0.15) is 32.6 Å². The summed E-state index contributed by atoms with van der Waals surface area (Å²) in [6.45, 7) is 2.92. The van der Waals surface area contributed by atoms with Crippen LogP contribution >= 0.6 is 0 Å². The number of ketones is 2. The Balaban J connectivity index is 2.26.